The Morgan fingerprint density at radius 3 is 0.841 bits per heavy atom. The fourth-order valence-electron chi connectivity index (χ4n) is 8.21. The molecule has 0 heterocycles. The normalized spacial score (nSPS) is 11.9. The molecule has 0 saturated heterocycles. The van der Waals surface area contributed by atoms with E-state index in [-0.39, 0.29) is 49.6 Å². The maximum absolute atomic E-state index is 12.7. The summed E-state index contributed by atoms with van der Waals surface area (Å²) in [6.07, 6.45) is 41.4. The van der Waals surface area contributed by atoms with Gasteiger partial charge >= 0.3 is 23.9 Å². The van der Waals surface area contributed by atoms with Crippen LogP contribution in [0.4, 0.5) is 0 Å². The predicted molar refractivity (Wildman–Crippen MR) is 260 cm³/mol. The third-order valence-electron chi connectivity index (χ3n) is 12.3. The van der Waals surface area contributed by atoms with Gasteiger partial charge < -0.3 is 24.1 Å². The molecular formula is C54H102O9. The van der Waals surface area contributed by atoms with E-state index in [1.54, 1.807) is 0 Å². The van der Waals surface area contributed by atoms with Crippen molar-refractivity contribution in [3.05, 3.63) is 0 Å². The van der Waals surface area contributed by atoms with Crippen LogP contribution in [0.3, 0.4) is 0 Å². The highest BCUT2D eigenvalue weighted by Gasteiger charge is 2.18. The van der Waals surface area contributed by atoms with E-state index in [2.05, 4.69) is 27.7 Å². The molecule has 1 N–H and O–H groups in total. The first-order valence-corrected chi connectivity index (χ1v) is 27.1. The Kier molecular flexibility index (Phi) is 46.2. The molecule has 0 saturated carbocycles. The Hall–Kier alpha value is -2.16. The van der Waals surface area contributed by atoms with Gasteiger partial charge in [-0.2, -0.15) is 0 Å². The number of hydrogen-bond donors (Lipinski definition) is 1. The number of aliphatic hydroxyl groups excluding tert-OH is 1. The molecule has 0 fully saturated rings. The van der Waals surface area contributed by atoms with Crippen molar-refractivity contribution in [2.75, 3.05) is 13.2 Å². The molecule has 0 aromatic carbocycles. The highest BCUT2D eigenvalue weighted by molar-refractivity contribution is 5.71. The lowest BCUT2D eigenvalue weighted by molar-refractivity contribution is -0.161. The second-order valence-electron chi connectivity index (χ2n) is 18.6. The molecule has 1 atom stereocenters. The second kappa shape index (κ2) is 47.8. The lowest BCUT2D eigenvalue weighted by Crippen LogP contribution is -2.28. The SMILES string of the molecule is CCCCCCCCC(CCCCCCCC)OC(=O)CCCCCCCC(=O)O[C@H](CO)COC(=O)CCCCCCC(=O)OC(CCCCCCCC)CCCCCCCC. The van der Waals surface area contributed by atoms with Crippen molar-refractivity contribution >= 4 is 23.9 Å². The molecule has 0 spiro atoms. The van der Waals surface area contributed by atoms with Crippen molar-refractivity contribution in [2.24, 2.45) is 0 Å². The monoisotopic (exact) mass is 895 g/mol. The largest absolute Gasteiger partial charge is 0.462 e. The first kappa shape index (κ1) is 60.8. The highest BCUT2D eigenvalue weighted by atomic mass is 16.6. The van der Waals surface area contributed by atoms with Crippen LogP contribution < -0.4 is 0 Å². The van der Waals surface area contributed by atoms with Crippen molar-refractivity contribution in [1.82, 2.24) is 0 Å². The van der Waals surface area contributed by atoms with Gasteiger partial charge in [-0.3, -0.25) is 19.2 Å². The molecule has 0 bridgehead atoms. The van der Waals surface area contributed by atoms with Crippen LogP contribution in [0.1, 0.15) is 291 Å². The average molecular weight is 895 g/mol. The number of esters is 4. The Morgan fingerprint density at radius 2 is 0.556 bits per heavy atom. The molecule has 63 heavy (non-hydrogen) atoms. The smallest absolute Gasteiger partial charge is 0.306 e. The molecule has 0 unspecified atom stereocenters. The zero-order valence-electron chi connectivity index (χ0n) is 41.9. The first-order valence-electron chi connectivity index (χ1n) is 27.1. The van der Waals surface area contributed by atoms with Crippen LogP contribution in [-0.4, -0.2) is 60.5 Å². The lowest BCUT2D eigenvalue weighted by atomic mass is 10.0. The molecule has 9 nitrogen and oxygen atoms in total. The average Bonchev–Trinajstić information content (AvgIpc) is 3.27. The molecule has 9 heteroatoms. The lowest BCUT2D eigenvalue weighted by Gasteiger charge is -2.18. The van der Waals surface area contributed by atoms with Crippen LogP contribution in [0.5, 0.6) is 0 Å². The highest BCUT2D eigenvalue weighted by Crippen LogP contribution is 2.20. The van der Waals surface area contributed by atoms with Crippen LogP contribution >= 0.6 is 0 Å². The summed E-state index contributed by atoms with van der Waals surface area (Å²) in [4.78, 5) is 50.1. The van der Waals surface area contributed by atoms with Crippen LogP contribution in [0, 0.1) is 0 Å². The molecule has 0 aromatic heterocycles. The fraction of sp³-hybridized carbons (Fsp3) is 0.926. The van der Waals surface area contributed by atoms with Gasteiger partial charge in [0, 0.05) is 25.7 Å². The molecule has 0 amide bonds. The van der Waals surface area contributed by atoms with E-state index in [9.17, 15) is 24.3 Å². The Balaban J connectivity index is 4.19. The minimum absolute atomic E-state index is 0.0313. The molecule has 0 aliphatic carbocycles. The van der Waals surface area contributed by atoms with Crippen LogP contribution in [0.15, 0.2) is 0 Å². The topological polar surface area (TPSA) is 125 Å². The maximum atomic E-state index is 12.7. The van der Waals surface area contributed by atoms with E-state index in [4.69, 9.17) is 18.9 Å². The van der Waals surface area contributed by atoms with Crippen molar-refractivity contribution in [2.45, 2.75) is 309 Å². The molecule has 0 rings (SSSR count). The van der Waals surface area contributed by atoms with Gasteiger partial charge in [0.25, 0.3) is 0 Å². The number of rotatable bonds is 49. The second-order valence-corrected chi connectivity index (χ2v) is 18.6. The molecule has 372 valence electrons. The van der Waals surface area contributed by atoms with Gasteiger partial charge in [-0.15, -0.1) is 0 Å². The van der Waals surface area contributed by atoms with Gasteiger partial charge in [0.05, 0.1) is 6.61 Å². The summed E-state index contributed by atoms with van der Waals surface area (Å²) in [5.74, 6) is -0.974. The van der Waals surface area contributed by atoms with Gasteiger partial charge in [0.2, 0.25) is 0 Å². The van der Waals surface area contributed by atoms with Gasteiger partial charge in [-0.05, 0) is 77.0 Å². The third kappa shape index (κ3) is 43.5. The zero-order valence-corrected chi connectivity index (χ0v) is 41.9. The van der Waals surface area contributed by atoms with E-state index in [1.165, 1.54) is 128 Å². The van der Waals surface area contributed by atoms with E-state index in [0.29, 0.717) is 25.7 Å². The number of ether oxygens (including phenoxy) is 4. The fourth-order valence-corrected chi connectivity index (χ4v) is 8.21. The van der Waals surface area contributed by atoms with E-state index >= 15 is 0 Å². The molecule has 0 aliphatic rings. The van der Waals surface area contributed by atoms with E-state index < -0.39 is 18.7 Å². The summed E-state index contributed by atoms with van der Waals surface area (Å²) >= 11 is 0. The quantitative estimate of drug-likeness (QED) is 0.0361. The number of unbranched alkanes of at least 4 members (excludes halogenated alkanes) is 27. The van der Waals surface area contributed by atoms with Crippen LogP contribution in [0.2, 0.25) is 0 Å². The van der Waals surface area contributed by atoms with Crippen LogP contribution in [-0.2, 0) is 38.1 Å². The van der Waals surface area contributed by atoms with Gasteiger partial charge in [0.15, 0.2) is 6.10 Å². The number of carbonyl (C=O) groups excluding carboxylic acids is 4. The van der Waals surface area contributed by atoms with Crippen molar-refractivity contribution < 1.29 is 43.2 Å². The van der Waals surface area contributed by atoms with Gasteiger partial charge in [-0.1, -0.05) is 188 Å². The Bertz CT molecular complexity index is 1000. The summed E-state index contributed by atoms with van der Waals surface area (Å²) in [5.41, 5.74) is 0. The number of carbonyl (C=O) groups is 4. The Labute approximate surface area is 388 Å². The summed E-state index contributed by atoms with van der Waals surface area (Å²) in [6.45, 7) is 8.37. The Morgan fingerprint density at radius 1 is 0.317 bits per heavy atom. The maximum Gasteiger partial charge on any atom is 0.306 e. The summed E-state index contributed by atoms with van der Waals surface area (Å²) in [6, 6.07) is 0. The van der Waals surface area contributed by atoms with Crippen LogP contribution in [0.25, 0.3) is 0 Å². The summed E-state index contributed by atoms with van der Waals surface area (Å²) in [5, 5.41) is 9.71. The van der Waals surface area contributed by atoms with Crippen molar-refractivity contribution in [1.29, 1.82) is 0 Å². The van der Waals surface area contributed by atoms with Gasteiger partial charge in [-0.25, -0.2) is 0 Å². The third-order valence-corrected chi connectivity index (χ3v) is 12.3. The molecule has 0 aliphatic heterocycles. The zero-order chi connectivity index (χ0) is 46.3. The minimum Gasteiger partial charge on any atom is -0.462 e. The van der Waals surface area contributed by atoms with Crippen molar-refractivity contribution in [3.63, 3.8) is 0 Å². The first-order chi connectivity index (χ1) is 30.8. The van der Waals surface area contributed by atoms with Crippen molar-refractivity contribution in [3.8, 4) is 0 Å². The predicted octanol–water partition coefficient (Wildman–Crippen LogP) is 15.3. The standard InChI is InChI=1S/C54H102O9/c1-5-9-13-17-22-30-38-48(39-31-23-18-14-10-6-2)61-52(57)43-35-26-21-27-36-45-54(59)63-50(46-55)47-60-51(56)42-34-28-29-37-44-53(58)62-49(40-32-24-19-15-11-7-3)41-33-25-20-16-12-8-4/h48-50,55H,5-47H2,1-4H3/t50-/m1/s1. The van der Waals surface area contributed by atoms with Gasteiger partial charge in [0.1, 0.15) is 18.8 Å². The van der Waals surface area contributed by atoms with E-state index in [0.717, 1.165) is 96.3 Å². The summed E-state index contributed by atoms with van der Waals surface area (Å²) < 4.78 is 22.6. The number of hydrogen-bond acceptors (Lipinski definition) is 9. The summed E-state index contributed by atoms with van der Waals surface area (Å²) in [7, 11) is 0. The minimum atomic E-state index is -0.879. The molecule has 0 aromatic rings. The molecule has 0 radical (unpaired) electrons. The number of aliphatic hydroxyl groups is 1. The van der Waals surface area contributed by atoms with E-state index in [1.807, 2.05) is 0 Å². The molecular weight excluding hydrogens is 793 g/mol.